The van der Waals surface area contributed by atoms with E-state index in [2.05, 4.69) is 17.1 Å². The zero-order valence-electron chi connectivity index (χ0n) is 16.6. The molecule has 3 rings (SSSR count). The minimum absolute atomic E-state index is 0.127. The van der Waals surface area contributed by atoms with Gasteiger partial charge in [0.25, 0.3) is 11.6 Å². The summed E-state index contributed by atoms with van der Waals surface area (Å²) in [4.78, 5) is 50.0. The van der Waals surface area contributed by atoms with Gasteiger partial charge in [-0.1, -0.05) is 6.92 Å². The van der Waals surface area contributed by atoms with Crippen molar-refractivity contribution in [3.63, 3.8) is 0 Å². The van der Waals surface area contributed by atoms with Gasteiger partial charge in [-0.05, 0) is 31.2 Å². The molecule has 0 spiro atoms. The number of likely N-dealkylation sites (tertiary alicyclic amines) is 1. The lowest BCUT2D eigenvalue weighted by molar-refractivity contribution is -0.384. The maximum absolute atomic E-state index is 12.8. The van der Waals surface area contributed by atoms with E-state index in [9.17, 15) is 24.5 Å². The molecular weight excluding hydrogens is 376 g/mol. The van der Waals surface area contributed by atoms with E-state index in [-0.39, 0.29) is 54.9 Å². The number of anilines is 1. The van der Waals surface area contributed by atoms with Crippen LogP contribution in [-0.2, 0) is 9.59 Å². The van der Waals surface area contributed by atoms with Gasteiger partial charge in [0.05, 0.1) is 16.2 Å². The molecule has 0 aliphatic carbocycles. The molecule has 9 nitrogen and oxygen atoms in total. The summed E-state index contributed by atoms with van der Waals surface area (Å²) < 4.78 is 0. The van der Waals surface area contributed by atoms with Crippen LogP contribution in [0.3, 0.4) is 0 Å². The van der Waals surface area contributed by atoms with Crippen molar-refractivity contribution in [3.8, 4) is 0 Å². The average Bonchev–Trinajstić information content (AvgIpc) is 3.03. The van der Waals surface area contributed by atoms with E-state index in [1.54, 1.807) is 6.07 Å². The molecule has 2 aliphatic heterocycles. The van der Waals surface area contributed by atoms with Crippen molar-refractivity contribution in [2.45, 2.75) is 39.0 Å². The normalized spacial score (nSPS) is 17.7. The number of nitrogens with one attached hydrogen (secondary N) is 1. The number of carbonyl (C=O) groups is 3. The maximum Gasteiger partial charge on any atom is 0.270 e. The van der Waals surface area contributed by atoms with Gasteiger partial charge in [0.15, 0.2) is 0 Å². The lowest BCUT2D eigenvalue weighted by Crippen LogP contribution is -2.36. The molecule has 2 aliphatic rings. The van der Waals surface area contributed by atoms with Crippen LogP contribution in [-0.4, -0.2) is 53.7 Å². The highest BCUT2D eigenvalue weighted by Gasteiger charge is 2.28. The SMILES string of the molecule is CC1CCN(c2ccc([N+](=O)[O-])cc2C(=O)NCCCN2C(=O)CCC2=O)CC1. The number of nitro benzene ring substituents is 1. The molecule has 0 saturated carbocycles. The third kappa shape index (κ3) is 4.90. The number of non-ortho nitro benzene ring substituents is 1. The Morgan fingerprint density at radius 3 is 2.48 bits per heavy atom. The van der Waals surface area contributed by atoms with E-state index in [0.29, 0.717) is 18.0 Å². The highest BCUT2D eigenvalue weighted by atomic mass is 16.6. The smallest absolute Gasteiger partial charge is 0.270 e. The highest BCUT2D eigenvalue weighted by molar-refractivity contribution is 6.02. The van der Waals surface area contributed by atoms with E-state index in [1.807, 2.05) is 0 Å². The minimum atomic E-state index is -0.510. The topological polar surface area (TPSA) is 113 Å². The van der Waals surface area contributed by atoms with Gasteiger partial charge in [0.2, 0.25) is 11.8 Å². The van der Waals surface area contributed by atoms with Crippen LogP contribution in [0, 0.1) is 16.0 Å². The van der Waals surface area contributed by atoms with Crippen LogP contribution in [0.1, 0.15) is 49.4 Å². The van der Waals surface area contributed by atoms with E-state index in [0.717, 1.165) is 25.9 Å². The minimum Gasteiger partial charge on any atom is -0.371 e. The van der Waals surface area contributed by atoms with Crippen molar-refractivity contribution >= 4 is 29.1 Å². The molecule has 0 bridgehead atoms. The van der Waals surface area contributed by atoms with Crippen molar-refractivity contribution in [2.75, 3.05) is 31.1 Å². The number of amides is 3. The predicted octanol–water partition coefficient (Wildman–Crippen LogP) is 2.10. The molecular formula is C20H26N4O5. The molecule has 0 aromatic heterocycles. The van der Waals surface area contributed by atoms with Gasteiger partial charge in [-0.3, -0.25) is 29.4 Å². The lowest BCUT2D eigenvalue weighted by atomic mass is 9.98. The Morgan fingerprint density at radius 1 is 1.21 bits per heavy atom. The third-order valence-electron chi connectivity index (χ3n) is 5.56. The number of nitrogens with zero attached hydrogens (tertiary/aromatic N) is 3. The summed E-state index contributed by atoms with van der Waals surface area (Å²) in [5.74, 6) is -0.123. The second-order valence-electron chi connectivity index (χ2n) is 7.68. The fraction of sp³-hybridized carbons (Fsp3) is 0.550. The van der Waals surface area contributed by atoms with Crippen LogP contribution < -0.4 is 10.2 Å². The first kappa shape index (κ1) is 20.8. The van der Waals surface area contributed by atoms with Crippen molar-refractivity contribution in [1.29, 1.82) is 0 Å². The van der Waals surface area contributed by atoms with Crippen LogP contribution in [0.2, 0.25) is 0 Å². The van der Waals surface area contributed by atoms with E-state index < -0.39 is 4.92 Å². The number of piperidine rings is 1. The van der Waals surface area contributed by atoms with Crippen LogP contribution in [0.25, 0.3) is 0 Å². The molecule has 0 atom stereocenters. The van der Waals surface area contributed by atoms with Crippen LogP contribution in [0.4, 0.5) is 11.4 Å². The average molecular weight is 402 g/mol. The summed E-state index contributed by atoms with van der Waals surface area (Å²) in [6.07, 6.45) is 2.95. The number of hydrogen-bond acceptors (Lipinski definition) is 6. The second kappa shape index (κ2) is 9.02. The number of hydrogen-bond donors (Lipinski definition) is 1. The first-order valence-electron chi connectivity index (χ1n) is 10.0. The quantitative estimate of drug-likeness (QED) is 0.323. The van der Waals surface area contributed by atoms with Gasteiger partial charge >= 0.3 is 0 Å². The summed E-state index contributed by atoms with van der Waals surface area (Å²) >= 11 is 0. The van der Waals surface area contributed by atoms with E-state index in [4.69, 9.17) is 0 Å². The van der Waals surface area contributed by atoms with Crippen LogP contribution in [0.15, 0.2) is 18.2 Å². The van der Waals surface area contributed by atoms with Gasteiger partial charge in [0, 0.05) is 51.2 Å². The Labute approximate surface area is 169 Å². The van der Waals surface area contributed by atoms with Gasteiger partial charge in [-0.2, -0.15) is 0 Å². The Balaban J connectivity index is 1.65. The fourth-order valence-corrected chi connectivity index (χ4v) is 3.75. The monoisotopic (exact) mass is 402 g/mol. The van der Waals surface area contributed by atoms with Crippen molar-refractivity contribution < 1.29 is 19.3 Å². The molecule has 2 saturated heterocycles. The lowest BCUT2D eigenvalue weighted by Gasteiger charge is -2.33. The second-order valence-corrected chi connectivity index (χ2v) is 7.68. The van der Waals surface area contributed by atoms with Crippen LogP contribution >= 0.6 is 0 Å². The van der Waals surface area contributed by atoms with Gasteiger partial charge in [0.1, 0.15) is 0 Å². The van der Waals surface area contributed by atoms with E-state index >= 15 is 0 Å². The molecule has 29 heavy (non-hydrogen) atoms. The molecule has 2 heterocycles. The molecule has 0 unspecified atom stereocenters. The highest BCUT2D eigenvalue weighted by Crippen LogP contribution is 2.29. The van der Waals surface area contributed by atoms with E-state index in [1.165, 1.54) is 17.0 Å². The first-order chi connectivity index (χ1) is 13.9. The van der Waals surface area contributed by atoms with Gasteiger partial charge in [-0.15, -0.1) is 0 Å². The number of nitro groups is 1. The number of imide groups is 1. The van der Waals surface area contributed by atoms with Crippen molar-refractivity contribution in [1.82, 2.24) is 10.2 Å². The standard InChI is InChI=1S/C20H26N4O5/c1-14-7-11-22(12-8-14)17-4-3-15(24(28)29)13-16(17)20(27)21-9-2-10-23-18(25)5-6-19(23)26/h3-4,13-14H,2,5-12H2,1H3,(H,21,27). The van der Waals surface area contributed by atoms with Gasteiger partial charge < -0.3 is 10.2 Å². The summed E-state index contributed by atoms with van der Waals surface area (Å²) in [6.45, 7) is 4.34. The molecule has 1 aromatic rings. The molecule has 3 amide bonds. The number of benzene rings is 1. The Kier molecular flexibility index (Phi) is 6.46. The summed E-state index contributed by atoms with van der Waals surface area (Å²) in [6, 6.07) is 4.38. The molecule has 1 aromatic carbocycles. The van der Waals surface area contributed by atoms with Gasteiger partial charge in [-0.25, -0.2) is 0 Å². The molecule has 156 valence electrons. The Morgan fingerprint density at radius 2 is 1.86 bits per heavy atom. The molecule has 9 heteroatoms. The maximum atomic E-state index is 12.8. The zero-order valence-corrected chi connectivity index (χ0v) is 16.6. The summed E-state index contributed by atoms with van der Waals surface area (Å²) in [7, 11) is 0. The predicted molar refractivity (Wildman–Crippen MR) is 107 cm³/mol. The Hall–Kier alpha value is -2.97. The van der Waals surface area contributed by atoms with Crippen molar-refractivity contribution in [3.05, 3.63) is 33.9 Å². The van der Waals surface area contributed by atoms with Crippen LogP contribution in [0.5, 0.6) is 0 Å². The largest absolute Gasteiger partial charge is 0.371 e. The summed E-state index contributed by atoms with van der Waals surface area (Å²) in [5.41, 5.74) is 0.851. The zero-order chi connectivity index (χ0) is 21.0. The summed E-state index contributed by atoms with van der Waals surface area (Å²) in [5, 5.41) is 13.9. The molecule has 0 radical (unpaired) electrons. The first-order valence-corrected chi connectivity index (χ1v) is 10.0. The Bertz CT molecular complexity index is 801. The third-order valence-corrected chi connectivity index (χ3v) is 5.56. The fourth-order valence-electron chi connectivity index (χ4n) is 3.75. The number of carbonyl (C=O) groups excluding carboxylic acids is 3. The van der Waals surface area contributed by atoms with Crippen molar-refractivity contribution in [2.24, 2.45) is 5.92 Å². The molecule has 1 N–H and O–H groups in total. The number of rotatable bonds is 7. The molecule has 2 fully saturated rings.